The Morgan fingerprint density at radius 1 is 0.900 bits per heavy atom. The maximum atomic E-state index is 16.4. The van der Waals surface area contributed by atoms with Crippen molar-refractivity contribution in [3.63, 3.8) is 0 Å². The molecule has 0 spiro atoms. The largest absolute Gasteiger partial charge is 0.380 e. The molecule has 2 amide bonds. The average Bonchev–Trinajstić information content (AvgIpc) is 3.62. The summed E-state index contributed by atoms with van der Waals surface area (Å²) in [6.45, 7) is 1.08. The van der Waals surface area contributed by atoms with E-state index in [0.717, 1.165) is 0 Å². The number of carbonyl (C=O) groups is 2. The van der Waals surface area contributed by atoms with Gasteiger partial charge >= 0.3 is 0 Å². The minimum absolute atomic E-state index is 0.0105. The van der Waals surface area contributed by atoms with E-state index in [1.54, 1.807) is 48.5 Å². The number of primary amides is 2. The molecule has 6 rings (SSSR count). The molecule has 0 unspecified atom stereocenters. The number of hydrogen-bond donors (Lipinski definition) is 4. The van der Waals surface area contributed by atoms with E-state index in [0.29, 0.717) is 52.9 Å². The second kappa shape index (κ2) is 13.9. The number of nitrogens with two attached hydrogens (primary N) is 3. The Hall–Kier alpha value is -5.91. The van der Waals surface area contributed by atoms with Crippen molar-refractivity contribution in [3.8, 4) is 16.8 Å². The van der Waals surface area contributed by atoms with E-state index in [4.69, 9.17) is 26.3 Å². The summed E-state index contributed by atoms with van der Waals surface area (Å²) in [6, 6.07) is 18.8. The fourth-order valence-corrected chi connectivity index (χ4v) is 5.25. The summed E-state index contributed by atoms with van der Waals surface area (Å²) in [4.78, 5) is 27.9. The zero-order chi connectivity index (χ0) is 36.5. The first-order valence-electron chi connectivity index (χ1n) is 14.7. The molecule has 7 N–H and O–H groups in total. The van der Waals surface area contributed by atoms with Gasteiger partial charge in [0.05, 0.1) is 17.3 Å². The predicted octanol–water partition coefficient (Wildman–Crippen LogP) is 4.10. The van der Waals surface area contributed by atoms with Crippen molar-refractivity contribution in [1.82, 2.24) is 19.8 Å². The van der Waals surface area contributed by atoms with Gasteiger partial charge in [0.1, 0.15) is 11.3 Å². The molecule has 0 radical (unpaired) electrons. The standard InChI is InChI=1S/C32H28F2N8O3.CH4O3S/c1-40(2)12-13-41(18-5-3-4-17(14-18)31(36)43)19-6-8-21(25(33)16-19)22-9-10-23-28(32(37)44)38-42(29(23)27(22)34)20-7-11-26-24(15-20)30(35)39-45-26;1-5(2,3)4/h3-11,14-16H,12-13H2,1-2H3,(H2,35,39)(H2,36,43)(H2,37,44);1H3,(H,2,3,4). The number of halogens is 2. The van der Waals surface area contributed by atoms with E-state index >= 15 is 8.78 Å². The zero-order valence-corrected chi connectivity index (χ0v) is 27.8. The second-order valence-corrected chi connectivity index (χ2v) is 12.9. The maximum Gasteiger partial charge on any atom is 0.269 e. The minimum atomic E-state index is -3.67. The van der Waals surface area contributed by atoms with Gasteiger partial charge in [-0.05, 0) is 74.8 Å². The first-order chi connectivity index (χ1) is 23.5. The molecular weight excluding hydrogens is 674 g/mol. The molecule has 2 heterocycles. The summed E-state index contributed by atoms with van der Waals surface area (Å²) in [5.41, 5.74) is 18.9. The van der Waals surface area contributed by atoms with Crippen molar-refractivity contribution in [1.29, 1.82) is 0 Å². The van der Waals surface area contributed by atoms with E-state index in [-0.39, 0.29) is 33.5 Å². The number of nitrogen functional groups attached to an aromatic ring is 1. The highest BCUT2D eigenvalue weighted by molar-refractivity contribution is 7.85. The van der Waals surface area contributed by atoms with E-state index in [1.807, 2.05) is 23.9 Å². The van der Waals surface area contributed by atoms with Crippen molar-refractivity contribution in [2.45, 2.75) is 0 Å². The number of carbonyl (C=O) groups excluding carboxylic acids is 2. The molecule has 6 aromatic rings. The number of hydrogen-bond acceptors (Lipinski definition) is 10. The number of fused-ring (bicyclic) bond motifs is 2. The van der Waals surface area contributed by atoms with Gasteiger partial charge in [0.2, 0.25) is 5.91 Å². The van der Waals surface area contributed by atoms with Gasteiger partial charge in [0.25, 0.3) is 16.0 Å². The van der Waals surface area contributed by atoms with Crippen LogP contribution in [-0.2, 0) is 10.1 Å². The molecule has 0 aliphatic carbocycles. The van der Waals surface area contributed by atoms with Gasteiger partial charge in [0.15, 0.2) is 22.9 Å². The van der Waals surface area contributed by atoms with Crippen LogP contribution < -0.4 is 22.1 Å². The van der Waals surface area contributed by atoms with E-state index in [2.05, 4.69) is 10.3 Å². The van der Waals surface area contributed by atoms with Crippen LogP contribution in [0.2, 0.25) is 0 Å². The van der Waals surface area contributed by atoms with Gasteiger partial charge in [0, 0.05) is 46.5 Å². The fourth-order valence-electron chi connectivity index (χ4n) is 5.25. The van der Waals surface area contributed by atoms with Crippen molar-refractivity contribution >= 4 is 61.0 Å². The van der Waals surface area contributed by atoms with Crippen LogP contribution in [0.1, 0.15) is 20.8 Å². The Bertz CT molecular complexity index is 2370. The van der Waals surface area contributed by atoms with Crippen LogP contribution >= 0.6 is 0 Å². The molecule has 260 valence electrons. The predicted molar refractivity (Wildman–Crippen MR) is 185 cm³/mol. The Labute approximate surface area is 284 Å². The fraction of sp³-hybridized carbons (Fsp3) is 0.152. The first-order valence-corrected chi connectivity index (χ1v) is 16.6. The summed E-state index contributed by atoms with van der Waals surface area (Å²) in [5.74, 6) is -2.81. The molecule has 2 aromatic heterocycles. The van der Waals surface area contributed by atoms with Crippen LogP contribution in [0.3, 0.4) is 0 Å². The van der Waals surface area contributed by atoms with Gasteiger partial charge in [-0.2, -0.15) is 13.5 Å². The number of amides is 2. The van der Waals surface area contributed by atoms with Crippen LogP contribution in [0.5, 0.6) is 0 Å². The molecule has 4 aromatic carbocycles. The number of likely N-dealkylation sites (N-methyl/N-ethyl adjacent to an activating group) is 1. The Kier molecular flexibility index (Phi) is 9.85. The van der Waals surface area contributed by atoms with E-state index in [1.165, 1.54) is 28.9 Å². The van der Waals surface area contributed by atoms with E-state index in [9.17, 15) is 18.0 Å². The lowest BCUT2D eigenvalue weighted by molar-refractivity contribution is 0.0990. The molecule has 0 atom stereocenters. The lowest BCUT2D eigenvalue weighted by atomic mass is 10.0. The molecule has 0 fully saturated rings. The SMILES string of the molecule is CN(C)CCN(c1cccc(C(N)=O)c1)c1ccc(-c2ccc3c(C(N)=O)nn(-c4ccc5onc(N)c5c4)c3c2F)c(F)c1.CS(=O)(=O)O. The van der Waals surface area contributed by atoms with Crippen LogP contribution in [0.15, 0.2) is 77.3 Å². The lowest BCUT2D eigenvalue weighted by Crippen LogP contribution is -2.28. The third-order valence-corrected chi connectivity index (χ3v) is 7.51. The van der Waals surface area contributed by atoms with Crippen LogP contribution in [0.4, 0.5) is 26.0 Å². The monoisotopic (exact) mass is 706 g/mol. The normalized spacial score (nSPS) is 11.5. The highest BCUT2D eigenvalue weighted by atomic mass is 32.2. The highest BCUT2D eigenvalue weighted by Crippen LogP contribution is 2.36. The molecular formula is C33H32F2N8O6S. The number of aromatic nitrogens is 3. The average molecular weight is 707 g/mol. The Morgan fingerprint density at radius 3 is 2.22 bits per heavy atom. The van der Waals surface area contributed by atoms with Gasteiger partial charge in [-0.15, -0.1) is 0 Å². The third kappa shape index (κ3) is 7.54. The Balaban J connectivity index is 0.000000908. The maximum absolute atomic E-state index is 16.4. The highest BCUT2D eigenvalue weighted by Gasteiger charge is 2.24. The van der Waals surface area contributed by atoms with E-state index < -0.39 is 33.6 Å². The molecule has 0 saturated carbocycles. The molecule has 17 heteroatoms. The second-order valence-electron chi connectivity index (χ2n) is 11.5. The van der Waals surface area contributed by atoms with Gasteiger partial charge in [-0.25, -0.2) is 13.5 Å². The molecule has 0 bridgehead atoms. The number of benzene rings is 4. The summed E-state index contributed by atoms with van der Waals surface area (Å²) < 4.78 is 64.6. The molecule has 0 aliphatic heterocycles. The summed E-state index contributed by atoms with van der Waals surface area (Å²) in [7, 11) is 0.155. The number of anilines is 3. The summed E-state index contributed by atoms with van der Waals surface area (Å²) in [6.07, 6.45) is 0.715. The van der Waals surface area contributed by atoms with Crippen LogP contribution in [-0.4, -0.2) is 78.1 Å². The van der Waals surface area contributed by atoms with Crippen LogP contribution in [0.25, 0.3) is 38.7 Å². The quantitative estimate of drug-likeness (QED) is 0.157. The number of rotatable bonds is 9. The smallest absolute Gasteiger partial charge is 0.269 e. The van der Waals surface area contributed by atoms with Crippen LogP contribution in [0, 0.1) is 11.6 Å². The van der Waals surface area contributed by atoms with Gasteiger partial charge < -0.3 is 31.5 Å². The summed E-state index contributed by atoms with van der Waals surface area (Å²) >= 11 is 0. The van der Waals surface area contributed by atoms with Gasteiger partial charge in [-0.1, -0.05) is 17.3 Å². The van der Waals surface area contributed by atoms with Crippen molar-refractivity contribution in [3.05, 3.63) is 95.7 Å². The molecule has 14 nitrogen and oxygen atoms in total. The first kappa shape index (κ1) is 35.4. The third-order valence-electron chi connectivity index (χ3n) is 7.51. The molecule has 0 saturated heterocycles. The Morgan fingerprint density at radius 2 is 1.58 bits per heavy atom. The summed E-state index contributed by atoms with van der Waals surface area (Å²) in [5, 5.41) is 8.65. The van der Waals surface area contributed by atoms with Gasteiger partial charge in [-0.3, -0.25) is 14.1 Å². The van der Waals surface area contributed by atoms with Crippen molar-refractivity contribution in [2.24, 2.45) is 11.5 Å². The minimum Gasteiger partial charge on any atom is -0.380 e. The molecule has 50 heavy (non-hydrogen) atoms. The zero-order valence-electron chi connectivity index (χ0n) is 27.0. The van der Waals surface area contributed by atoms with Crippen molar-refractivity contribution in [2.75, 3.05) is 44.1 Å². The lowest BCUT2D eigenvalue weighted by Gasteiger charge is -2.27. The number of nitrogens with zero attached hydrogens (tertiary/aromatic N) is 5. The van der Waals surface area contributed by atoms with Crippen molar-refractivity contribution < 1.29 is 35.9 Å². The molecule has 0 aliphatic rings. The topological polar surface area (TPSA) is 217 Å².